The number of nitrogens with zero attached hydrogens (tertiary/aromatic N) is 2. The number of hydrogen-bond acceptors (Lipinski definition) is 3. The van der Waals surface area contributed by atoms with Gasteiger partial charge < -0.3 is 10.6 Å². The number of nitrogens with two attached hydrogens (primary N) is 1. The molecule has 2 aromatic rings. The molecule has 0 saturated heterocycles. The van der Waals surface area contributed by atoms with Crippen LogP contribution in [0, 0.1) is 6.92 Å². The predicted molar refractivity (Wildman–Crippen MR) is 83.1 cm³/mol. The number of benzene rings is 1. The lowest BCUT2D eigenvalue weighted by atomic mass is 10.2. The van der Waals surface area contributed by atoms with Crippen LogP contribution in [0.5, 0.6) is 0 Å². The maximum atomic E-state index is 5.71. The highest BCUT2D eigenvalue weighted by molar-refractivity contribution is 9.10. The fraction of sp³-hybridized carbons (Fsp3) is 0.267. The van der Waals surface area contributed by atoms with Gasteiger partial charge in [0.2, 0.25) is 0 Å². The van der Waals surface area contributed by atoms with E-state index in [1.54, 1.807) is 0 Å². The van der Waals surface area contributed by atoms with Crippen molar-refractivity contribution in [2.24, 2.45) is 5.73 Å². The number of aromatic nitrogens is 1. The van der Waals surface area contributed by atoms with Crippen molar-refractivity contribution in [3.63, 3.8) is 0 Å². The van der Waals surface area contributed by atoms with Gasteiger partial charge in [-0.3, -0.25) is 0 Å². The first-order valence-electron chi connectivity index (χ1n) is 6.22. The largest absolute Gasteiger partial charge is 0.355 e. The topological polar surface area (TPSA) is 42.1 Å². The van der Waals surface area contributed by atoms with Crippen molar-refractivity contribution >= 4 is 21.7 Å². The fourth-order valence-corrected chi connectivity index (χ4v) is 2.41. The van der Waals surface area contributed by atoms with E-state index in [1.807, 2.05) is 38.2 Å². The average molecular weight is 320 g/mol. The second-order valence-corrected chi connectivity index (χ2v) is 5.48. The van der Waals surface area contributed by atoms with Crippen LogP contribution in [-0.2, 0) is 13.1 Å². The van der Waals surface area contributed by atoms with Gasteiger partial charge in [-0.15, -0.1) is 0 Å². The number of anilines is 1. The van der Waals surface area contributed by atoms with Gasteiger partial charge >= 0.3 is 0 Å². The minimum Gasteiger partial charge on any atom is -0.355 e. The molecule has 1 aromatic heterocycles. The zero-order chi connectivity index (χ0) is 13.8. The minimum atomic E-state index is 0.541. The van der Waals surface area contributed by atoms with Crippen LogP contribution in [0.2, 0.25) is 0 Å². The lowest BCUT2D eigenvalue weighted by Gasteiger charge is -2.20. The first-order chi connectivity index (χ1) is 9.10. The summed E-state index contributed by atoms with van der Waals surface area (Å²) in [5, 5.41) is 0. The Morgan fingerprint density at radius 2 is 2.00 bits per heavy atom. The van der Waals surface area contributed by atoms with Gasteiger partial charge in [-0.1, -0.05) is 34.1 Å². The third-order valence-corrected chi connectivity index (χ3v) is 3.77. The summed E-state index contributed by atoms with van der Waals surface area (Å²) < 4.78 is 1.12. The maximum absolute atomic E-state index is 5.71. The van der Waals surface area contributed by atoms with E-state index < -0.39 is 0 Å². The second kappa shape index (κ2) is 6.17. The van der Waals surface area contributed by atoms with E-state index in [4.69, 9.17) is 5.73 Å². The summed E-state index contributed by atoms with van der Waals surface area (Å²) in [6, 6.07) is 12.3. The SMILES string of the molecule is Cc1cc(CN)cc(N(C)Cc2ccccc2Br)n1. The van der Waals surface area contributed by atoms with Crippen molar-refractivity contribution in [2.45, 2.75) is 20.0 Å². The highest BCUT2D eigenvalue weighted by Crippen LogP contribution is 2.21. The molecule has 2 rings (SSSR count). The Hall–Kier alpha value is -1.39. The molecule has 0 unspecified atom stereocenters. The zero-order valence-corrected chi connectivity index (χ0v) is 12.8. The molecular formula is C15H18BrN3. The van der Waals surface area contributed by atoms with Crippen molar-refractivity contribution in [3.05, 3.63) is 57.7 Å². The summed E-state index contributed by atoms with van der Waals surface area (Å²) in [7, 11) is 2.04. The number of pyridine rings is 1. The van der Waals surface area contributed by atoms with Crippen LogP contribution in [0.1, 0.15) is 16.8 Å². The Morgan fingerprint density at radius 1 is 1.26 bits per heavy atom. The molecule has 3 nitrogen and oxygen atoms in total. The Bertz CT molecular complexity index is 569. The Balaban J connectivity index is 2.22. The average Bonchev–Trinajstić information content (AvgIpc) is 2.40. The van der Waals surface area contributed by atoms with Crippen LogP contribution >= 0.6 is 15.9 Å². The van der Waals surface area contributed by atoms with Crippen molar-refractivity contribution in [1.82, 2.24) is 4.98 Å². The Morgan fingerprint density at radius 3 is 2.68 bits per heavy atom. The molecule has 2 N–H and O–H groups in total. The first-order valence-corrected chi connectivity index (χ1v) is 7.01. The minimum absolute atomic E-state index is 0.541. The summed E-state index contributed by atoms with van der Waals surface area (Å²) in [6.07, 6.45) is 0. The van der Waals surface area contributed by atoms with Crippen LogP contribution in [0.25, 0.3) is 0 Å². The summed E-state index contributed by atoms with van der Waals surface area (Å²) in [6.45, 7) is 3.34. The quantitative estimate of drug-likeness (QED) is 0.940. The van der Waals surface area contributed by atoms with Crippen LogP contribution in [0.3, 0.4) is 0 Å². The highest BCUT2D eigenvalue weighted by atomic mass is 79.9. The maximum Gasteiger partial charge on any atom is 0.129 e. The van der Waals surface area contributed by atoms with Crippen LogP contribution < -0.4 is 10.6 Å². The molecule has 4 heteroatoms. The lowest BCUT2D eigenvalue weighted by Crippen LogP contribution is -2.18. The highest BCUT2D eigenvalue weighted by Gasteiger charge is 2.07. The molecule has 0 saturated carbocycles. The van der Waals surface area contributed by atoms with Crippen LogP contribution in [0.15, 0.2) is 40.9 Å². The van der Waals surface area contributed by atoms with Gasteiger partial charge in [-0.25, -0.2) is 4.98 Å². The lowest BCUT2D eigenvalue weighted by molar-refractivity contribution is 0.882. The van der Waals surface area contributed by atoms with Gasteiger partial charge in [0.15, 0.2) is 0 Å². The van der Waals surface area contributed by atoms with E-state index in [0.717, 1.165) is 28.1 Å². The molecule has 100 valence electrons. The molecule has 1 heterocycles. The van der Waals surface area contributed by atoms with Crippen LogP contribution in [-0.4, -0.2) is 12.0 Å². The third-order valence-electron chi connectivity index (χ3n) is 2.99. The molecule has 0 aliphatic carbocycles. The van der Waals surface area contributed by atoms with Crippen LogP contribution in [0.4, 0.5) is 5.82 Å². The molecule has 0 fully saturated rings. The molecule has 19 heavy (non-hydrogen) atoms. The summed E-state index contributed by atoms with van der Waals surface area (Å²) in [5.74, 6) is 0.955. The van der Waals surface area contributed by atoms with E-state index in [2.05, 4.69) is 37.9 Å². The van der Waals surface area contributed by atoms with E-state index in [0.29, 0.717) is 6.54 Å². The molecule has 0 aliphatic rings. The molecular weight excluding hydrogens is 302 g/mol. The normalized spacial score (nSPS) is 10.5. The standard InChI is InChI=1S/C15H18BrN3/c1-11-7-12(9-17)8-15(18-11)19(2)10-13-5-3-4-6-14(13)16/h3-8H,9-10,17H2,1-2H3. The van der Waals surface area contributed by atoms with Gasteiger partial charge in [0.1, 0.15) is 5.82 Å². The van der Waals surface area contributed by atoms with Gasteiger partial charge in [0, 0.05) is 30.3 Å². The zero-order valence-electron chi connectivity index (χ0n) is 11.2. The summed E-state index contributed by atoms with van der Waals surface area (Å²) in [5.41, 5.74) is 9.06. The smallest absolute Gasteiger partial charge is 0.129 e. The molecule has 0 radical (unpaired) electrons. The van der Waals surface area contributed by atoms with E-state index in [9.17, 15) is 0 Å². The van der Waals surface area contributed by atoms with Gasteiger partial charge in [-0.05, 0) is 36.2 Å². The van der Waals surface area contributed by atoms with Crippen molar-refractivity contribution in [1.29, 1.82) is 0 Å². The fourth-order valence-electron chi connectivity index (χ4n) is 2.00. The Labute approximate surface area is 122 Å². The van der Waals surface area contributed by atoms with E-state index in [1.165, 1.54) is 5.56 Å². The van der Waals surface area contributed by atoms with E-state index >= 15 is 0 Å². The van der Waals surface area contributed by atoms with Crippen molar-refractivity contribution in [3.8, 4) is 0 Å². The number of halogens is 1. The van der Waals surface area contributed by atoms with E-state index in [-0.39, 0.29) is 0 Å². The van der Waals surface area contributed by atoms with Gasteiger partial charge in [0.25, 0.3) is 0 Å². The molecule has 0 amide bonds. The predicted octanol–water partition coefficient (Wildman–Crippen LogP) is 3.25. The third kappa shape index (κ3) is 3.55. The first kappa shape index (κ1) is 14.0. The van der Waals surface area contributed by atoms with Gasteiger partial charge in [0.05, 0.1) is 0 Å². The molecule has 0 atom stereocenters. The molecule has 1 aromatic carbocycles. The summed E-state index contributed by atoms with van der Waals surface area (Å²) >= 11 is 3.57. The van der Waals surface area contributed by atoms with Crippen molar-refractivity contribution in [2.75, 3.05) is 11.9 Å². The Kier molecular flexibility index (Phi) is 4.56. The molecule has 0 spiro atoms. The van der Waals surface area contributed by atoms with Gasteiger partial charge in [-0.2, -0.15) is 0 Å². The monoisotopic (exact) mass is 319 g/mol. The second-order valence-electron chi connectivity index (χ2n) is 4.63. The molecule has 0 aliphatic heterocycles. The summed E-state index contributed by atoms with van der Waals surface area (Å²) in [4.78, 5) is 6.69. The molecule has 0 bridgehead atoms. The number of rotatable bonds is 4. The van der Waals surface area contributed by atoms with Crippen molar-refractivity contribution < 1.29 is 0 Å². The number of hydrogen-bond donors (Lipinski definition) is 1. The number of aryl methyl sites for hydroxylation is 1.